The summed E-state index contributed by atoms with van der Waals surface area (Å²) in [6.45, 7) is 2.53. The van der Waals surface area contributed by atoms with E-state index in [4.69, 9.17) is 9.47 Å². The third kappa shape index (κ3) is 4.03. The minimum Gasteiger partial charge on any atom is -0.483 e. The Kier molecular flexibility index (Phi) is 5.53. The number of rotatable bonds is 6. The highest BCUT2D eigenvalue weighted by molar-refractivity contribution is 5.98. The van der Waals surface area contributed by atoms with Crippen molar-refractivity contribution in [2.45, 2.75) is 13.3 Å². The molecule has 0 aliphatic carbocycles. The number of methoxy groups -OCH3 is 1. The number of carbonyl (C=O) groups is 2. The van der Waals surface area contributed by atoms with E-state index < -0.39 is 0 Å². The van der Waals surface area contributed by atoms with Crippen molar-refractivity contribution in [3.63, 3.8) is 0 Å². The van der Waals surface area contributed by atoms with Crippen molar-refractivity contribution in [3.8, 4) is 5.75 Å². The van der Waals surface area contributed by atoms with Crippen LogP contribution in [0.1, 0.15) is 11.1 Å². The number of amides is 2. The number of hydrogen-bond donors (Lipinski definition) is 1. The van der Waals surface area contributed by atoms with E-state index in [-0.39, 0.29) is 25.0 Å². The molecule has 0 saturated carbocycles. The maximum absolute atomic E-state index is 12.2. The van der Waals surface area contributed by atoms with Crippen LogP contribution < -0.4 is 15.0 Å². The van der Waals surface area contributed by atoms with Gasteiger partial charge < -0.3 is 19.7 Å². The predicted octanol–water partition coefficient (Wildman–Crippen LogP) is 2.55. The van der Waals surface area contributed by atoms with Crippen molar-refractivity contribution in [1.82, 2.24) is 0 Å². The Labute approximate surface area is 152 Å². The smallest absolute Gasteiger partial charge is 0.262 e. The molecule has 1 heterocycles. The fourth-order valence-electron chi connectivity index (χ4n) is 2.98. The highest BCUT2D eigenvalue weighted by atomic mass is 16.5. The Balaban J connectivity index is 1.64. The molecule has 2 aromatic carbocycles. The minimum atomic E-state index is -0.249. The van der Waals surface area contributed by atoms with Gasteiger partial charge in [-0.15, -0.1) is 0 Å². The van der Waals surface area contributed by atoms with Crippen molar-refractivity contribution in [2.24, 2.45) is 0 Å². The monoisotopic (exact) mass is 354 g/mol. The zero-order valence-electron chi connectivity index (χ0n) is 15.0. The largest absolute Gasteiger partial charge is 0.483 e. The molecule has 3 rings (SSSR count). The van der Waals surface area contributed by atoms with Crippen LogP contribution in [-0.4, -0.2) is 38.7 Å². The van der Waals surface area contributed by atoms with Crippen LogP contribution in [0.3, 0.4) is 0 Å². The number of fused-ring (bicyclic) bond motifs is 1. The van der Waals surface area contributed by atoms with E-state index in [1.54, 1.807) is 4.90 Å². The molecule has 2 aromatic rings. The second kappa shape index (κ2) is 8.01. The third-order valence-corrected chi connectivity index (χ3v) is 4.29. The van der Waals surface area contributed by atoms with Crippen LogP contribution in [0, 0.1) is 6.92 Å². The van der Waals surface area contributed by atoms with Gasteiger partial charge >= 0.3 is 0 Å². The fraction of sp³-hybridized carbons (Fsp3) is 0.300. The molecule has 2 amide bonds. The average molecular weight is 354 g/mol. The minimum absolute atomic E-state index is 0.0420. The first-order valence-corrected chi connectivity index (χ1v) is 8.49. The first-order chi connectivity index (χ1) is 12.6. The fourth-order valence-corrected chi connectivity index (χ4v) is 2.98. The molecule has 0 saturated heterocycles. The number of aryl methyl sites for hydroxylation is 1. The molecular formula is C20H22N2O4. The van der Waals surface area contributed by atoms with Gasteiger partial charge in [-0.25, -0.2) is 0 Å². The van der Waals surface area contributed by atoms with E-state index in [1.807, 2.05) is 49.4 Å². The van der Waals surface area contributed by atoms with Gasteiger partial charge in [-0.1, -0.05) is 24.3 Å². The van der Waals surface area contributed by atoms with Crippen LogP contribution >= 0.6 is 0 Å². The summed E-state index contributed by atoms with van der Waals surface area (Å²) in [5, 5.41) is 2.82. The summed E-state index contributed by atoms with van der Waals surface area (Å²) in [4.78, 5) is 26.0. The number of nitrogens with zero attached hydrogens (tertiary/aromatic N) is 1. The number of nitrogens with one attached hydrogen (secondary N) is 1. The van der Waals surface area contributed by atoms with Gasteiger partial charge in [-0.2, -0.15) is 0 Å². The van der Waals surface area contributed by atoms with Crippen molar-refractivity contribution >= 4 is 23.2 Å². The highest BCUT2D eigenvalue weighted by Gasteiger charge is 2.24. The maximum Gasteiger partial charge on any atom is 0.262 e. The van der Waals surface area contributed by atoms with Gasteiger partial charge in [0.25, 0.3) is 11.8 Å². The van der Waals surface area contributed by atoms with E-state index in [2.05, 4.69) is 5.32 Å². The van der Waals surface area contributed by atoms with Gasteiger partial charge in [0.2, 0.25) is 0 Å². The maximum atomic E-state index is 12.2. The molecule has 1 N–H and O–H groups in total. The number of carbonyl (C=O) groups excluding carboxylic acids is 2. The summed E-state index contributed by atoms with van der Waals surface area (Å²) in [6, 6.07) is 13.1. The molecule has 0 unspecified atom stereocenters. The molecule has 0 fully saturated rings. The SMILES string of the molecule is COCC(=O)N1CCc2ccc(NC(=O)COc3ccccc3C)cc21. The predicted molar refractivity (Wildman–Crippen MR) is 99.7 cm³/mol. The lowest BCUT2D eigenvalue weighted by molar-refractivity contribution is -0.122. The lowest BCUT2D eigenvalue weighted by Crippen LogP contribution is -2.32. The van der Waals surface area contributed by atoms with Gasteiger partial charge in [0.05, 0.1) is 0 Å². The number of benzene rings is 2. The second-order valence-corrected chi connectivity index (χ2v) is 6.17. The molecule has 26 heavy (non-hydrogen) atoms. The van der Waals surface area contributed by atoms with Gasteiger partial charge in [-0.3, -0.25) is 9.59 Å². The van der Waals surface area contributed by atoms with Crippen LogP contribution in [0.2, 0.25) is 0 Å². The summed E-state index contributed by atoms with van der Waals surface area (Å²) in [5.41, 5.74) is 3.53. The number of anilines is 2. The molecule has 6 nitrogen and oxygen atoms in total. The van der Waals surface area contributed by atoms with Gasteiger partial charge in [0, 0.05) is 25.0 Å². The topological polar surface area (TPSA) is 67.9 Å². The zero-order valence-corrected chi connectivity index (χ0v) is 15.0. The molecule has 0 aromatic heterocycles. The molecule has 1 aliphatic heterocycles. The third-order valence-electron chi connectivity index (χ3n) is 4.29. The van der Waals surface area contributed by atoms with Crippen molar-refractivity contribution in [3.05, 3.63) is 53.6 Å². The number of para-hydroxylation sites is 1. The molecule has 0 radical (unpaired) electrons. The summed E-state index contributed by atoms with van der Waals surface area (Å²) >= 11 is 0. The van der Waals surface area contributed by atoms with Crippen LogP contribution in [-0.2, 0) is 20.7 Å². The van der Waals surface area contributed by atoms with E-state index in [0.717, 1.165) is 23.2 Å². The second-order valence-electron chi connectivity index (χ2n) is 6.17. The number of ether oxygens (including phenoxy) is 2. The Bertz CT molecular complexity index is 819. The Morgan fingerprint density at radius 3 is 2.73 bits per heavy atom. The van der Waals surface area contributed by atoms with E-state index in [1.165, 1.54) is 7.11 Å². The lowest BCUT2D eigenvalue weighted by atomic mass is 10.1. The summed E-state index contributed by atoms with van der Waals surface area (Å²) in [7, 11) is 1.50. The molecule has 6 heteroatoms. The molecule has 0 bridgehead atoms. The molecular weight excluding hydrogens is 332 g/mol. The van der Waals surface area contributed by atoms with Crippen LogP contribution in [0.4, 0.5) is 11.4 Å². The van der Waals surface area contributed by atoms with Gasteiger partial charge in [0.15, 0.2) is 6.61 Å². The summed E-state index contributed by atoms with van der Waals surface area (Å²) in [6.07, 6.45) is 0.801. The quantitative estimate of drug-likeness (QED) is 0.866. The summed E-state index contributed by atoms with van der Waals surface area (Å²) < 4.78 is 10.5. The highest BCUT2D eigenvalue weighted by Crippen LogP contribution is 2.31. The van der Waals surface area contributed by atoms with Gasteiger partial charge in [-0.05, 0) is 42.7 Å². The normalized spacial score (nSPS) is 12.6. The molecule has 1 aliphatic rings. The average Bonchev–Trinajstić information content (AvgIpc) is 3.04. The first kappa shape index (κ1) is 17.9. The Hall–Kier alpha value is -2.86. The van der Waals surface area contributed by atoms with E-state index in [0.29, 0.717) is 18.0 Å². The standard InChI is InChI=1S/C20H22N2O4/c1-14-5-3-4-6-18(14)26-12-19(23)21-16-8-7-15-9-10-22(17(15)11-16)20(24)13-25-2/h3-8,11H,9-10,12-13H2,1-2H3,(H,21,23). The Morgan fingerprint density at radius 1 is 1.15 bits per heavy atom. The zero-order chi connectivity index (χ0) is 18.5. The Morgan fingerprint density at radius 2 is 1.96 bits per heavy atom. The van der Waals surface area contributed by atoms with E-state index >= 15 is 0 Å². The van der Waals surface area contributed by atoms with Crippen LogP contribution in [0.15, 0.2) is 42.5 Å². The lowest BCUT2D eigenvalue weighted by Gasteiger charge is -2.17. The van der Waals surface area contributed by atoms with Crippen molar-refractivity contribution < 1.29 is 19.1 Å². The van der Waals surface area contributed by atoms with Crippen LogP contribution in [0.5, 0.6) is 5.75 Å². The molecule has 136 valence electrons. The molecule has 0 atom stereocenters. The van der Waals surface area contributed by atoms with Crippen LogP contribution in [0.25, 0.3) is 0 Å². The molecule has 0 spiro atoms. The van der Waals surface area contributed by atoms with Gasteiger partial charge in [0.1, 0.15) is 12.4 Å². The summed E-state index contributed by atoms with van der Waals surface area (Å²) in [5.74, 6) is 0.353. The number of hydrogen-bond acceptors (Lipinski definition) is 4. The first-order valence-electron chi connectivity index (χ1n) is 8.49. The van der Waals surface area contributed by atoms with Crippen molar-refractivity contribution in [2.75, 3.05) is 37.1 Å². The van der Waals surface area contributed by atoms with Crippen molar-refractivity contribution in [1.29, 1.82) is 0 Å². The van der Waals surface area contributed by atoms with E-state index in [9.17, 15) is 9.59 Å².